The molecule has 7 rings (SSSR count). The lowest BCUT2D eigenvalue weighted by atomic mass is 9.81. The minimum absolute atomic E-state index is 0.000112. The standard InChI is InChI=1S/C60H81FN8O14/c1-7-60(77)43-30-48-53-41(32-69(48)56(73)42(43)34-82-57(60)74)51-45(18-17-40-37(6)44(61)31-47(65-53)50(40)51)67-59(76)83-33-38-13-15-39(16-14-38)64-54(71)46(12-11-21-63-58(62)75)66-55(72)52(36(4)5)68-49(70)20-25-81-29-27-79-23-10-8-9-22-78-26-28-80-24-19-35(2)3/h13-16,30-31,35-36,45-46,52,77H,7-12,17-29,32-34H2,1-6H3,(H,64,71)(H,66,72)(H,67,76)(H,68,70)(H3,62,63,75)/t45-,46-,52-,60-/m0/s1. The molecular weight excluding hydrogens is 1080 g/mol. The van der Waals surface area contributed by atoms with Crippen LogP contribution in [0.5, 0.6) is 0 Å². The van der Waals surface area contributed by atoms with Crippen molar-refractivity contribution in [2.24, 2.45) is 17.6 Å². The van der Waals surface area contributed by atoms with E-state index in [4.69, 9.17) is 39.1 Å². The van der Waals surface area contributed by atoms with Gasteiger partial charge in [-0.1, -0.05) is 46.8 Å². The number of nitrogens with one attached hydrogen (secondary N) is 5. The number of amides is 6. The minimum Gasteiger partial charge on any atom is -0.458 e. The zero-order valence-electron chi connectivity index (χ0n) is 48.5. The number of carbonyl (C=O) groups is 6. The fraction of sp³-hybridized carbons (Fsp3) is 0.567. The van der Waals surface area contributed by atoms with E-state index in [0.29, 0.717) is 109 Å². The number of hydrogen-bond donors (Lipinski definition) is 7. The average molecular weight is 1160 g/mol. The van der Waals surface area contributed by atoms with E-state index in [9.17, 15) is 38.7 Å². The molecule has 6 amide bonds. The van der Waals surface area contributed by atoms with Gasteiger partial charge in [0.2, 0.25) is 17.7 Å². The second-order valence-corrected chi connectivity index (χ2v) is 22.0. The van der Waals surface area contributed by atoms with Crippen molar-refractivity contribution < 1.29 is 66.7 Å². The van der Waals surface area contributed by atoms with Crippen LogP contribution in [0.3, 0.4) is 0 Å². The molecule has 8 N–H and O–H groups in total. The average Bonchev–Trinajstić information content (AvgIpc) is 2.72. The van der Waals surface area contributed by atoms with Gasteiger partial charge in [0.05, 0.1) is 68.1 Å². The molecule has 0 spiro atoms. The summed E-state index contributed by atoms with van der Waals surface area (Å²) in [6, 6.07) is 6.01. The number of nitrogens with two attached hydrogens (primary N) is 1. The molecule has 4 atom stereocenters. The molecule has 22 nitrogen and oxygen atoms in total. The third-order valence-electron chi connectivity index (χ3n) is 15.3. The number of primary amides is 1. The van der Waals surface area contributed by atoms with E-state index in [-0.39, 0.29) is 75.6 Å². The van der Waals surface area contributed by atoms with Gasteiger partial charge in [0.15, 0.2) is 5.60 Å². The normalized spacial score (nSPS) is 16.6. The highest BCUT2D eigenvalue weighted by atomic mass is 19.1. The van der Waals surface area contributed by atoms with Gasteiger partial charge in [0.1, 0.15) is 31.1 Å². The summed E-state index contributed by atoms with van der Waals surface area (Å²) in [6.45, 7) is 15.0. The summed E-state index contributed by atoms with van der Waals surface area (Å²) >= 11 is 0. The second-order valence-electron chi connectivity index (χ2n) is 22.0. The zero-order valence-corrected chi connectivity index (χ0v) is 48.5. The van der Waals surface area contributed by atoms with Crippen LogP contribution < -0.4 is 37.9 Å². The first-order valence-corrected chi connectivity index (χ1v) is 28.9. The smallest absolute Gasteiger partial charge is 0.407 e. The monoisotopic (exact) mass is 1160 g/mol. The van der Waals surface area contributed by atoms with Crippen molar-refractivity contribution in [1.82, 2.24) is 30.8 Å². The quantitative estimate of drug-likeness (QED) is 0.0188. The van der Waals surface area contributed by atoms with Crippen LogP contribution >= 0.6 is 0 Å². The number of carbonyl (C=O) groups excluding carboxylic acids is 6. The largest absolute Gasteiger partial charge is 0.458 e. The van der Waals surface area contributed by atoms with Gasteiger partial charge in [-0.2, -0.15) is 0 Å². The highest BCUT2D eigenvalue weighted by Gasteiger charge is 2.46. The second kappa shape index (κ2) is 30.0. The Labute approximate surface area is 482 Å². The Hall–Kier alpha value is -7.05. The van der Waals surface area contributed by atoms with Crippen LogP contribution in [0.4, 0.5) is 19.7 Å². The molecule has 0 bridgehead atoms. The number of cyclic esters (lactones) is 1. The Morgan fingerprint density at radius 2 is 1.54 bits per heavy atom. The van der Waals surface area contributed by atoms with Crippen LogP contribution in [-0.4, -0.2) is 122 Å². The molecule has 23 heteroatoms. The number of unbranched alkanes of at least 4 members (excludes halogenated alkanes) is 2. The number of halogens is 1. The number of aromatic nitrogens is 2. The number of urea groups is 1. The van der Waals surface area contributed by atoms with Gasteiger partial charge >= 0.3 is 18.1 Å². The van der Waals surface area contributed by atoms with Gasteiger partial charge in [-0.25, -0.2) is 23.8 Å². The number of esters is 1. The van der Waals surface area contributed by atoms with Gasteiger partial charge in [-0.3, -0.25) is 19.2 Å². The Bertz CT molecular complexity index is 3030. The topological polar surface area (TPSA) is 299 Å². The Morgan fingerprint density at radius 3 is 2.20 bits per heavy atom. The Kier molecular flexibility index (Phi) is 22.9. The van der Waals surface area contributed by atoms with Crippen LogP contribution in [0.1, 0.15) is 137 Å². The number of fused-ring (bicyclic) bond motifs is 5. The van der Waals surface area contributed by atoms with E-state index in [1.54, 1.807) is 58.0 Å². The predicted octanol–water partition coefficient (Wildman–Crippen LogP) is 6.13. The molecule has 0 saturated heterocycles. The molecule has 83 heavy (non-hydrogen) atoms. The van der Waals surface area contributed by atoms with Crippen molar-refractivity contribution in [2.45, 2.75) is 149 Å². The van der Waals surface area contributed by atoms with E-state index < -0.39 is 70.9 Å². The summed E-state index contributed by atoms with van der Waals surface area (Å²) in [7, 11) is 0. The van der Waals surface area contributed by atoms with Crippen LogP contribution in [-0.2, 0) is 79.4 Å². The third-order valence-corrected chi connectivity index (χ3v) is 15.3. The zero-order chi connectivity index (χ0) is 59.8. The van der Waals surface area contributed by atoms with Crippen molar-refractivity contribution in [2.75, 3.05) is 64.7 Å². The van der Waals surface area contributed by atoms with Gasteiger partial charge in [-0.05, 0) is 117 Å². The summed E-state index contributed by atoms with van der Waals surface area (Å²) in [4.78, 5) is 97.3. The van der Waals surface area contributed by atoms with Crippen molar-refractivity contribution in [3.05, 3.63) is 91.5 Å². The summed E-state index contributed by atoms with van der Waals surface area (Å²) in [5, 5.41) is 25.9. The van der Waals surface area contributed by atoms with E-state index >= 15 is 4.39 Å². The molecule has 0 saturated carbocycles. The molecule has 0 fully saturated rings. The van der Waals surface area contributed by atoms with Gasteiger partial charge < -0.3 is 70.4 Å². The summed E-state index contributed by atoms with van der Waals surface area (Å²) in [5.74, 6) is -2.57. The van der Waals surface area contributed by atoms with Gasteiger partial charge in [0, 0.05) is 61.1 Å². The third kappa shape index (κ3) is 16.4. The number of anilines is 1. The molecule has 0 radical (unpaired) electrons. The summed E-state index contributed by atoms with van der Waals surface area (Å²) in [5.41, 5.74) is 7.55. The van der Waals surface area contributed by atoms with Crippen LogP contribution in [0.25, 0.3) is 22.3 Å². The van der Waals surface area contributed by atoms with Crippen LogP contribution in [0, 0.1) is 24.6 Å². The molecule has 2 aromatic carbocycles. The highest BCUT2D eigenvalue weighted by Crippen LogP contribution is 2.46. The lowest BCUT2D eigenvalue weighted by Crippen LogP contribution is -2.54. The summed E-state index contributed by atoms with van der Waals surface area (Å²) in [6.07, 6.45) is 4.26. The highest BCUT2D eigenvalue weighted by molar-refractivity contribution is 5.99. The molecule has 4 aromatic rings. The van der Waals surface area contributed by atoms with E-state index in [1.165, 1.54) is 10.6 Å². The fourth-order valence-electron chi connectivity index (χ4n) is 10.5. The first-order valence-electron chi connectivity index (χ1n) is 28.9. The number of aliphatic hydroxyl groups is 1. The number of rotatable bonds is 32. The SMILES string of the molecule is CC[C@@]1(O)C(=O)OCc2c1cc1n(c2=O)Cc2c-1nc1cc(F)c(C)c3c1c2[C@@H](NC(=O)OCc1ccc(NC(=O)[C@H](CCCNC(N)=O)NC(=O)[C@@H](NC(=O)CCOCCOCCCCCOCCOCCC(C)C)C(C)C)cc1)CC3. The molecule has 1 aliphatic carbocycles. The predicted molar refractivity (Wildman–Crippen MR) is 305 cm³/mol. The van der Waals surface area contributed by atoms with Crippen LogP contribution in [0.15, 0.2) is 41.2 Å². The maximum absolute atomic E-state index is 15.5. The molecule has 2 aromatic heterocycles. The van der Waals surface area contributed by atoms with Crippen molar-refractivity contribution >= 4 is 52.4 Å². The van der Waals surface area contributed by atoms with E-state index in [2.05, 4.69) is 40.4 Å². The molecule has 4 heterocycles. The number of pyridine rings is 2. The number of alkyl carbamates (subject to hydrolysis) is 1. The first kappa shape index (κ1) is 63.5. The maximum Gasteiger partial charge on any atom is 0.407 e. The Morgan fingerprint density at radius 1 is 0.855 bits per heavy atom. The van der Waals surface area contributed by atoms with Crippen molar-refractivity contribution in [1.29, 1.82) is 0 Å². The molecule has 3 aliphatic rings. The number of ether oxygens (including phenoxy) is 6. The van der Waals surface area contributed by atoms with Crippen molar-refractivity contribution in [3.8, 4) is 11.4 Å². The molecule has 0 unspecified atom stereocenters. The Balaban J connectivity index is 0.893. The maximum atomic E-state index is 15.5. The number of hydrogen-bond acceptors (Lipinski definition) is 15. The summed E-state index contributed by atoms with van der Waals surface area (Å²) < 4.78 is 50.3. The van der Waals surface area contributed by atoms with Crippen molar-refractivity contribution in [3.63, 3.8) is 0 Å². The molecular formula is C60H81FN8O14. The lowest BCUT2D eigenvalue weighted by Gasteiger charge is -2.31. The van der Waals surface area contributed by atoms with Gasteiger partial charge in [-0.15, -0.1) is 0 Å². The van der Waals surface area contributed by atoms with E-state index in [1.807, 2.05) is 0 Å². The number of nitrogens with zero attached hydrogens (tertiary/aromatic N) is 2. The lowest BCUT2D eigenvalue weighted by molar-refractivity contribution is -0.172. The first-order chi connectivity index (χ1) is 39.8. The number of aryl methyl sites for hydroxylation is 1. The minimum atomic E-state index is -2.04. The number of benzene rings is 2. The fourth-order valence-corrected chi connectivity index (χ4v) is 10.5. The molecule has 2 aliphatic heterocycles. The van der Waals surface area contributed by atoms with Gasteiger partial charge in [0.25, 0.3) is 5.56 Å². The van der Waals surface area contributed by atoms with Crippen LogP contribution in [0.2, 0.25) is 0 Å². The molecule has 452 valence electrons. The van der Waals surface area contributed by atoms with E-state index in [0.717, 1.165) is 37.9 Å².